The van der Waals surface area contributed by atoms with Crippen LogP contribution in [0.15, 0.2) is 39.9 Å². The maximum Gasteiger partial charge on any atom is 0.293 e. The monoisotopic (exact) mass is 434 g/mol. The van der Waals surface area contributed by atoms with Crippen molar-refractivity contribution in [2.24, 2.45) is 12.8 Å². The molecule has 9 nitrogen and oxygen atoms in total. The van der Waals surface area contributed by atoms with Crippen molar-refractivity contribution in [3.05, 3.63) is 56.6 Å². The van der Waals surface area contributed by atoms with Gasteiger partial charge in [-0.05, 0) is 19.8 Å². The zero-order valence-corrected chi connectivity index (χ0v) is 18.2. The number of carbonyl (C=O) groups is 1. The van der Waals surface area contributed by atoms with Gasteiger partial charge in [0.1, 0.15) is 12.1 Å². The molecule has 0 aliphatic carbocycles. The Bertz CT molecular complexity index is 1340. The topological polar surface area (TPSA) is 108 Å². The van der Waals surface area contributed by atoms with E-state index in [1.807, 2.05) is 11.0 Å². The van der Waals surface area contributed by atoms with Crippen LogP contribution in [0.2, 0.25) is 0 Å². The molecule has 1 unspecified atom stereocenters. The van der Waals surface area contributed by atoms with E-state index in [4.69, 9.17) is 5.73 Å². The standard InChI is InChI=1S/C23H26N6O3/c1-3-4-13-28-20-19(25-23(28)27-12-8-11-17(24)14-27)21(31)26(2)29(22(20)32)15-18(30)16-9-6-5-7-10-16/h5-7,9-10,17H,8,11-15,24H2,1-2H3. The molecule has 3 aromatic rings. The Hall–Kier alpha value is -3.64. The van der Waals surface area contributed by atoms with Crippen molar-refractivity contribution < 1.29 is 4.79 Å². The molecule has 0 spiro atoms. The third kappa shape index (κ3) is 3.85. The van der Waals surface area contributed by atoms with E-state index in [1.165, 1.54) is 16.4 Å². The highest BCUT2D eigenvalue weighted by atomic mass is 16.2. The number of imidazole rings is 1. The molecule has 1 saturated heterocycles. The van der Waals surface area contributed by atoms with E-state index < -0.39 is 11.1 Å². The van der Waals surface area contributed by atoms with Gasteiger partial charge in [0.15, 0.2) is 11.3 Å². The second-order valence-electron chi connectivity index (χ2n) is 7.95. The van der Waals surface area contributed by atoms with Gasteiger partial charge in [-0.3, -0.25) is 19.0 Å². The molecule has 1 aliphatic rings. The first kappa shape index (κ1) is 21.6. The van der Waals surface area contributed by atoms with Crippen molar-refractivity contribution in [3.63, 3.8) is 0 Å². The molecule has 1 aliphatic heterocycles. The van der Waals surface area contributed by atoms with Gasteiger partial charge in [-0.2, -0.15) is 0 Å². The minimum atomic E-state index is -0.454. The predicted molar refractivity (Wildman–Crippen MR) is 123 cm³/mol. The van der Waals surface area contributed by atoms with Crippen LogP contribution in [-0.4, -0.2) is 43.8 Å². The highest BCUT2D eigenvalue weighted by Gasteiger charge is 2.26. The van der Waals surface area contributed by atoms with Crippen LogP contribution in [0.4, 0.5) is 5.95 Å². The lowest BCUT2D eigenvalue weighted by Gasteiger charge is -2.31. The highest BCUT2D eigenvalue weighted by molar-refractivity contribution is 5.95. The minimum Gasteiger partial charge on any atom is -0.341 e. The van der Waals surface area contributed by atoms with Gasteiger partial charge in [-0.25, -0.2) is 14.3 Å². The zero-order valence-electron chi connectivity index (χ0n) is 18.2. The van der Waals surface area contributed by atoms with Gasteiger partial charge in [0.2, 0.25) is 5.95 Å². The van der Waals surface area contributed by atoms with Crippen LogP contribution in [0.5, 0.6) is 0 Å². The van der Waals surface area contributed by atoms with Gasteiger partial charge >= 0.3 is 0 Å². The van der Waals surface area contributed by atoms with Crippen molar-refractivity contribution in [2.45, 2.75) is 38.9 Å². The fourth-order valence-electron chi connectivity index (χ4n) is 4.10. The number of anilines is 1. The Morgan fingerprint density at radius 2 is 1.97 bits per heavy atom. The maximum atomic E-state index is 13.5. The van der Waals surface area contributed by atoms with Gasteiger partial charge in [-0.15, -0.1) is 5.92 Å². The van der Waals surface area contributed by atoms with Gasteiger partial charge in [0, 0.05) is 31.7 Å². The number of nitrogens with two attached hydrogens (primary N) is 1. The van der Waals surface area contributed by atoms with E-state index in [9.17, 15) is 14.4 Å². The first-order valence-corrected chi connectivity index (χ1v) is 10.6. The molecule has 0 saturated carbocycles. The summed E-state index contributed by atoms with van der Waals surface area (Å²) in [5, 5.41) is 0. The second-order valence-corrected chi connectivity index (χ2v) is 7.95. The fourth-order valence-corrected chi connectivity index (χ4v) is 4.10. The maximum absolute atomic E-state index is 13.5. The summed E-state index contributed by atoms with van der Waals surface area (Å²) < 4.78 is 4.01. The van der Waals surface area contributed by atoms with Crippen molar-refractivity contribution in [2.75, 3.05) is 18.0 Å². The molecule has 4 rings (SSSR count). The van der Waals surface area contributed by atoms with Gasteiger partial charge in [0.25, 0.3) is 11.1 Å². The number of ketones is 1. The first-order valence-electron chi connectivity index (χ1n) is 10.6. The molecular weight excluding hydrogens is 408 g/mol. The van der Waals surface area contributed by atoms with Crippen LogP contribution < -0.4 is 21.8 Å². The Morgan fingerprint density at radius 1 is 1.22 bits per heavy atom. The summed E-state index contributed by atoms with van der Waals surface area (Å²) in [6.07, 6.45) is 1.82. The molecule has 3 heterocycles. The van der Waals surface area contributed by atoms with Gasteiger partial charge in [0.05, 0.1) is 6.54 Å². The van der Waals surface area contributed by atoms with E-state index in [2.05, 4.69) is 16.8 Å². The number of nitrogens with zero attached hydrogens (tertiary/aromatic N) is 5. The predicted octanol–water partition coefficient (Wildman–Crippen LogP) is 0.730. The third-order valence-electron chi connectivity index (χ3n) is 5.79. The second kappa shape index (κ2) is 8.85. The summed E-state index contributed by atoms with van der Waals surface area (Å²) in [7, 11) is 1.47. The number of piperidine rings is 1. The third-order valence-corrected chi connectivity index (χ3v) is 5.79. The number of hydrogen-bond acceptors (Lipinski definition) is 6. The van der Waals surface area contributed by atoms with Crippen LogP contribution >= 0.6 is 0 Å². The summed E-state index contributed by atoms with van der Waals surface area (Å²) >= 11 is 0. The van der Waals surface area contributed by atoms with Crippen molar-refractivity contribution in [1.29, 1.82) is 0 Å². The normalized spacial score (nSPS) is 16.1. The summed E-state index contributed by atoms with van der Waals surface area (Å²) in [5.41, 5.74) is 5.96. The SMILES string of the molecule is CC#CCn1c(N2CCCC(N)C2)nc2c(=O)n(C)n(CC(=O)c3ccccc3)c(=O)c21. The quantitative estimate of drug-likeness (QED) is 0.469. The Morgan fingerprint density at radius 3 is 2.66 bits per heavy atom. The molecule has 0 amide bonds. The van der Waals surface area contributed by atoms with Crippen molar-refractivity contribution in [1.82, 2.24) is 18.9 Å². The number of benzene rings is 1. The number of rotatable bonds is 5. The van der Waals surface area contributed by atoms with Crippen LogP contribution in [0.3, 0.4) is 0 Å². The lowest BCUT2D eigenvalue weighted by Crippen LogP contribution is -2.44. The molecule has 166 valence electrons. The molecule has 1 aromatic carbocycles. The van der Waals surface area contributed by atoms with E-state index >= 15 is 0 Å². The van der Waals surface area contributed by atoms with E-state index in [0.717, 1.165) is 19.4 Å². The molecule has 1 atom stereocenters. The summed E-state index contributed by atoms with van der Waals surface area (Å²) in [6, 6.07) is 8.69. The van der Waals surface area contributed by atoms with Crippen LogP contribution in [0.25, 0.3) is 11.0 Å². The minimum absolute atomic E-state index is 0.00254. The molecule has 32 heavy (non-hydrogen) atoms. The van der Waals surface area contributed by atoms with Gasteiger partial charge in [-0.1, -0.05) is 36.3 Å². The lowest BCUT2D eigenvalue weighted by atomic mass is 10.1. The molecule has 0 radical (unpaired) electrons. The number of hydrogen-bond donors (Lipinski definition) is 1. The number of fused-ring (bicyclic) bond motifs is 1. The van der Waals surface area contributed by atoms with Crippen molar-refractivity contribution >= 4 is 22.8 Å². The first-order chi connectivity index (χ1) is 15.4. The molecule has 1 fully saturated rings. The zero-order chi connectivity index (χ0) is 22.8. The molecule has 0 bridgehead atoms. The summed E-state index contributed by atoms with van der Waals surface area (Å²) in [6.45, 7) is 3.00. The van der Waals surface area contributed by atoms with Crippen LogP contribution in [0.1, 0.15) is 30.1 Å². The fraction of sp³-hybridized carbons (Fsp3) is 0.391. The average Bonchev–Trinajstić information content (AvgIpc) is 3.19. The summed E-state index contributed by atoms with van der Waals surface area (Å²) in [4.78, 5) is 46.0. The number of carbonyl (C=O) groups excluding carboxylic acids is 1. The van der Waals surface area contributed by atoms with Crippen molar-refractivity contribution in [3.8, 4) is 11.8 Å². The molecule has 2 aromatic heterocycles. The Balaban J connectivity index is 1.88. The number of aromatic nitrogens is 4. The molecular formula is C23H26N6O3. The largest absolute Gasteiger partial charge is 0.341 e. The highest BCUT2D eigenvalue weighted by Crippen LogP contribution is 2.22. The van der Waals surface area contributed by atoms with Crippen LogP contribution in [0, 0.1) is 11.8 Å². The smallest absolute Gasteiger partial charge is 0.293 e. The summed E-state index contributed by atoms with van der Waals surface area (Å²) in [5.74, 6) is 6.06. The lowest BCUT2D eigenvalue weighted by molar-refractivity contribution is 0.0960. The van der Waals surface area contributed by atoms with E-state index in [0.29, 0.717) is 18.1 Å². The molecule has 2 N–H and O–H groups in total. The molecule has 9 heteroatoms. The van der Waals surface area contributed by atoms with E-state index in [-0.39, 0.29) is 35.9 Å². The average molecular weight is 435 g/mol. The number of Topliss-reactive ketones (excluding diaryl/α,β-unsaturated/α-hetero) is 1. The van der Waals surface area contributed by atoms with E-state index in [1.54, 1.807) is 35.8 Å². The Labute approximate surface area is 185 Å². The van der Waals surface area contributed by atoms with Crippen LogP contribution in [-0.2, 0) is 20.1 Å². The Kier molecular flexibility index (Phi) is 5.97. The van der Waals surface area contributed by atoms with Gasteiger partial charge < -0.3 is 10.6 Å².